The molecule has 0 amide bonds. The lowest BCUT2D eigenvalue weighted by Crippen LogP contribution is -2.25. The minimum Gasteiger partial charge on any atom is -0.467 e. The van der Waals surface area contributed by atoms with Crippen LogP contribution in [0.2, 0.25) is 0 Å². The molecule has 108 valence electrons. The van der Waals surface area contributed by atoms with E-state index in [1.807, 2.05) is 0 Å². The third kappa shape index (κ3) is 3.07. The fourth-order valence-corrected chi connectivity index (χ4v) is 2.01. The van der Waals surface area contributed by atoms with Gasteiger partial charge >= 0.3 is 6.18 Å². The van der Waals surface area contributed by atoms with Gasteiger partial charge in [-0.05, 0) is 37.3 Å². The Morgan fingerprint density at radius 3 is 2.55 bits per heavy atom. The quantitative estimate of drug-likeness (QED) is 0.866. The van der Waals surface area contributed by atoms with Gasteiger partial charge in [0.15, 0.2) is 0 Å². The number of nitrogens with zero attached hydrogens (tertiary/aromatic N) is 1. The Hall–Kier alpha value is -2.11. The highest BCUT2D eigenvalue weighted by Gasteiger charge is 2.35. The summed E-state index contributed by atoms with van der Waals surface area (Å²) in [5.74, 6) is 0.608. The first kappa shape index (κ1) is 14.3. The van der Waals surface area contributed by atoms with Gasteiger partial charge in [0.1, 0.15) is 5.76 Å². The maximum atomic E-state index is 13.1. The molecule has 2 N–H and O–H groups in total. The second-order valence-corrected chi connectivity index (χ2v) is 4.37. The van der Waals surface area contributed by atoms with Crippen LogP contribution in [0.15, 0.2) is 41.0 Å². The van der Waals surface area contributed by atoms with Gasteiger partial charge in [-0.25, -0.2) is 0 Å². The van der Waals surface area contributed by atoms with Crippen LogP contribution in [-0.4, -0.2) is 6.54 Å². The molecule has 0 bridgehead atoms. The molecule has 2 rings (SSSR count). The van der Waals surface area contributed by atoms with Gasteiger partial charge in [-0.1, -0.05) is 0 Å². The summed E-state index contributed by atoms with van der Waals surface area (Å²) in [5, 5.41) is 0. The lowest BCUT2D eigenvalue weighted by molar-refractivity contribution is -0.137. The first-order chi connectivity index (χ1) is 9.41. The van der Waals surface area contributed by atoms with Crippen LogP contribution < -0.4 is 10.6 Å². The topological polar surface area (TPSA) is 42.4 Å². The van der Waals surface area contributed by atoms with Crippen molar-refractivity contribution in [3.05, 3.63) is 47.9 Å². The number of hydrogen-bond donors (Lipinski definition) is 1. The second-order valence-electron chi connectivity index (χ2n) is 4.37. The summed E-state index contributed by atoms with van der Waals surface area (Å²) in [4.78, 5) is 1.60. The van der Waals surface area contributed by atoms with Gasteiger partial charge in [-0.15, -0.1) is 0 Å². The lowest BCUT2D eigenvalue weighted by atomic mass is 10.1. The zero-order chi connectivity index (χ0) is 14.8. The van der Waals surface area contributed by atoms with E-state index in [-0.39, 0.29) is 17.9 Å². The van der Waals surface area contributed by atoms with E-state index < -0.39 is 11.7 Å². The summed E-state index contributed by atoms with van der Waals surface area (Å²) >= 11 is 0. The van der Waals surface area contributed by atoms with E-state index in [9.17, 15) is 13.2 Å². The molecular formula is C14H15F3N2O. The smallest absolute Gasteiger partial charge is 0.418 e. The Labute approximate surface area is 114 Å². The number of nitrogen functional groups attached to an aromatic ring is 1. The highest BCUT2D eigenvalue weighted by molar-refractivity contribution is 5.60. The molecule has 1 heterocycles. The number of furan rings is 1. The number of rotatable bonds is 4. The van der Waals surface area contributed by atoms with E-state index in [0.29, 0.717) is 12.3 Å². The average molecular weight is 284 g/mol. The summed E-state index contributed by atoms with van der Waals surface area (Å²) in [6.45, 7) is 2.49. The molecule has 3 nitrogen and oxygen atoms in total. The summed E-state index contributed by atoms with van der Waals surface area (Å²) < 4.78 is 44.5. The molecule has 0 radical (unpaired) electrons. The predicted octanol–water partition coefficient (Wildman–Crippen LogP) is 3.91. The van der Waals surface area contributed by atoms with E-state index in [4.69, 9.17) is 10.2 Å². The van der Waals surface area contributed by atoms with Gasteiger partial charge in [-0.2, -0.15) is 13.2 Å². The van der Waals surface area contributed by atoms with Crippen molar-refractivity contribution in [2.75, 3.05) is 17.2 Å². The summed E-state index contributed by atoms with van der Waals surface area (Å²) in [7, 11) is 0. The number of hydrogen-bond acceptors (Lipinski definition) is 3. The monoisotopic (exact) mass is 284 g/mol. The highest BCUT2D eigenvalue weighted by Crippen LogP contribution is 2.38. The van der Waals surface area contributed by atoms with Gasteiger partial charge in [0.05, 0.1) is 18.4 Å². The molecule has 2 aromatic rings. The van der Waals surface area contributed by atoms with Crippen LogP contribution in [0.3, 0.4) is 0 Å². The van der Waals surface area contributed by atoms with Crippen molar-refractivity contribution in [1.29, 1.82) is 0 Å². The minimum absolute atomic E-state index is 0.0927. The third-order valence-corrected chi connectivity index (χ3v) is 2.98. The van der Waals surface area contributed by atoms with E-state index in [1.165, 1.54) is 18.4 Å². The molecule has 0 unspecified atom stereocenters. The van der Waals surface area contributed by atoms with Crippen LogP contribution in [-0.2, 0) is 12.7 Å². The molecule has 20 heavy (non-hydrogen) atoms. The fraction of sp³-hybridized carbons (Fsp3) is 0.286. The normalized spacial score (nSPS) is 11.6. The van der Waals surface area contributed by atoms with Crippen LogP contribution in [0.25, 0.3) is 0 Å². The molecule has 1 aromatic carbocycles. The zero-order valence-electron chi connectivity index (χ0n) is 10.9. The van der Waals surface area contributed by atoms with Crippen LogP contribution in [0.4, 0.5) is 24.5 Å². The summed E-state index contributed by atoms with van der Waals surface area (Å²) in [5.41, 5.74) is 4.93. The lowest BCUT2D eigenvalue weighted by Gasteiger charge is -2.26. The van der Waals surface area contributed by atoms with Crippen molar-refractivity contribution in [3.63, 3.8) is 0 Å². The molecule has 0 aliphatic carbocycles. The van der Waals surface area contributed by atoms with Crippen LogP contribution in [0.5, 0.6) is 0 Å². The van der Waals surface area contributed by atoms with Gasteiger partial charge in [0, 0.05) is 17.9 Å². The molecule has 0 saturated heterocycles. The predicted molar refractivity (Wildman–Crippen MR) is 71.3 cm³/mol. The Kier molecular flexibility index (Phi) is 3.92. The van der Waals surface area contributed by atoms with Gasteiger partial charge in [0.25, 0.3) is 0 Å². The number of alkyl halides is 3. The molecule has 0 atom stereocenters. The maximum absolute atomic E-state index is 13.1. The standard InChI is InChI=1S/C14H15F3N2O/c1-2-19(9-11-4-3-7-20-11)13-6-5-10(18)8-12(13)14(15,16)17/h3-8H,2,9,18H2,1H3. The number of anilines is 2. The van der Waals surface area contributed by atoms with Crippen molar-refractivity contribution < 1.29 is 17.6 Å². The molecule has 6 heteroatoms. The Bertz CT molecular complexity index is 564. The maximum Gasteiger partial charge on any atom is 0.418 e. The fourth-order valence-electron chi connectivity index (χ4n) is 2.01. The zero-order valence-corrected chi connectivity index (χ0v) is 10.9. The van der Waals surface area contributed by atoms with E-state index in [0.717, 1.165) is 6.07 Å². The summed E-state index contributed by atoms with van der Waals surface area (Å²) in [6.07, 6.45) is -2.95. The van der Waals surface area contributed by atoms with Crippen LogP contribution >= 0.6 is 0 Å². The number of halogens is 3. The van der Waals surface area contributed by atoms with E-state index >= 15 is 0 Å². The SMILES string of the molecule is CCN(Cc1ccco1)c1ccc(N)cc1C(F)(F)F. The first-order valence-electron chi connectivity index (χ1n) is 6.16. The van der Waals surface area contributed by atoms with Gasteiger partial charge < -0.3 is 15.1 Å². The molecule has 0 aliphatic heterocycles. The van der Waals surface area contributed by atoms with Crippen LogP contribution in [0, 0.1) is 0 Å². The Balaban J connectivity index is 2.38. The molecule has 0 aliphatic rings. The minimum atomic E-state index is -4.44. The molecule has 0 saturated carbocycles. The first-order valence-corrected chi connectivity index (χ1v) is 6.16. The van der Waals surface area contributed by atoms with Crippen molar-refractivity contribution >= 4 is 11.4 Å². The molecular weight excluding hydrogens is 269 g/mol. The Morgan fingerprint density at radius 2 is 2.00 bits per heavy atom. The van der Waals surface area contributed by atoms with Crippen molar-refractivity contribution in [1.82, 2.24) is 0 Å². The number of benzene rings is 1. The Morgan fingerprint density at radius 1 is 1.25 bits per heavy atom. The second kappa shape index (κ2) is 5.48. The number of nitrogens with two attached hydrogens (primary N) is 1. The van der Waals surface area contributed by atoms with Crippen molar-refractivity contribution in [2.24, 2.45) is 0 Å². The van der Waals surface area contributed by atoms with Crippen LogP contribution in [0.1, 0.15) is 18.2 Å². The molecule has 0 fully saturated rings. The molecule has 1 aromatic heterocycles. The largest absolute Gasteiger partial charge is 0.467 e. The third-order valence-electron chi connectivity index (χ3n) is 2.98. The van der Waals surface area contributed by atoms with Crippen molar-refractivity contribution in [3.8, 4) is 0 Å². The van der Waals surface area contributed by atoms with Crippen molar-refractivity contribution in [2.45, 2.75) is 19.6 Å². The van der Waals surface area contributed by atoms with E-state index in [2.05, 4.69) is 0 Å². The van der Waals surface area contributed by atoms with E-state index in [1.54, 1.807) is 24.0 Å². The van der Waals surface area contributed by atoms with Gasteiger partial charge in [-0.3, -0.25) is 0 Å². The summed E-state index contributed by atoms with van der Waals surface area (Å²) in [6, 6.07) is 7.25. The average Bonchev–Trinajstić information content (AvgIpc) is 2.88. The molecule has 0 spiro atoms. The van der Waals surface area contributed by atoms with Gasteiger partial charge in [0.2, 0.25) is 0 Å². The highest BCUT2D eigenvalue weighted by atomic mass is 19.4.